The Bertz CT molecular complexity index is 1010. The number of hydrogen-bond acceptors (Lipinski definition) is 2. The molecule has 0 saturated heterocycles. The molecular formula is C21H17Cl2F6NO3. The molecule has 0 radical (unpaired) electrons. The number of benzene rings is 2. The lowest BCUT2D eigenvalue weighted by Gasteiger charge is -2.26. The second-order valence-corrected chi connectivity index (χ2v) is 8.12. The first-order valence-corrected chi connectivity index (χ1v) is 10.1. The summed E-state index contributed by atoms with van der Waals surface area (Å²) in [7, 11) is 0. The molecule has 2 aromatic rings. The summed E-state index contributed by atoms with van der Waals surface area (Å²) in [6.45, 7) is 0.795. The largest absolute Gasteiger partial charge is 0.481 e. The summed E-state index contributed by atoms with van der Waals surface area (Å²) in [4.78, 5) is 23.8. The van der Waals surface area contributed by atoms with Crippen LogP contribution in [0.3, 0.4) is 0 Å². The molecule has 12 heteroatoms. The van der Waals surface area contributed by atoms with Crippen molar-refractivity contribution >= 4 is 40.8 Å². The van der Waals surface area contributed by atoms with E-state index in [2.05, 4.69) is 5.32 Å². The molecule has 2 rings (SSSR count). The first kappa shape index (κ1) is 26.8. The number of anilines is 1. The van der Waals surface area contributed by atoms with Crippen LogP contribution in [0.5, 0.6) is 0 Å². The number of nitrogens with one attached hydrogen (secondary N) is 1. The van der Waals surface area contributed by atoms with Gasteiger partial charge in [0.1, 0.15) is 0 Å². The standard InChI is InChI=1S/C21H17Cl2F6NO3/c1-10(20(24,25)26)18(11-2-5-13(22)6-3-11)19(33)30-16-8-12(4-7-15(16)23)14(9-17(31)32)21(27,28)29/h2-8,10,14,18H,9H2,1H3,(H,30,33)(H,31,32)/t10-,14+,18+/m1/s1. The lowest BCUT2D eigenvalue weighted by Crippen LogP contribution is -2.34. The quantitative estimate of drug-likeness (QED) is 0.389. The van der Waals surface area contributed by atoms with Crippen molar-refractivity contribution in [2.24, 2.45) is 5.92 Å². The Morgan fingerprint density at radius 1 is 0.939 bits per heavy atom. The molecule has 0 fully saturated rings. The van der Waals surface area contributed by atoms with Crippen LogP contribution in [0.15, 0.2) is 42.5 Å². The van der Waals surface area contributed by atoms with Crippen LogP contribution < -0.4 is 5.32 Å². The van der Waals surface area contributed by atoms with Gasteiger partial charge in [-0.15, -0.1) is 0 Å². The highest BCUT2D eigenvalue weighted by molar-refractivity contribution is 6.33. The zero-order chi connectivity index (χ0) is 25.1. The number of alkyl halides is 6. The topological polar surface area (TPSA) is 66.4 Å². The molecule has 0 aliphatic rings. The van der Waals surface area contributed by atoms with Crippen LogP contribution in [0.25, 0.3) is 0 Å². The Morgan fingerprint density at radius 3 is 1.97 bits per heavy atom. The van der Waals surface area contributed by atoms with Gasteiger partial charge in [-0.1, -0.05) is 48.3 Å². The molecule has 180 valence electrons. The molecule has 0 aromatic heterocycles. The van der Waals surface area contributed by atoms with Crippen molar-refractivity contribution in [2.45, 2.75) is 37.5 Å². The monoisotopic (exact) mass is 515 g/mol. The molecule has 0 spiro atoms. The normalized spacial score (nSPS) is 14.9. The van der Waals surface area contributed by atoms with E-state index >= 15 is 0 Å². The second-order valence-electron chi connectivity index (χ2n) is 7.28. The van der Waals surface area contributed by atoms with Gasteiger partial charge in [-0.2, -0.15) is 26.3 Å². The number of carboxylic acids is 1. The number of hydrogen-bond donors (Lipinski definition) is 2. The minimum absolute atomic E-state index is 0.0203. The minimum Gasteiger partial charge on any atom is -0.481 e. The molecule has 0 bridgehead atoms. The van der Waals surface area contributed by atoms with Gasteiger partial charge in [-0.25, -0.2) is 0 Å². The fourth-order valence-electron chi connectivity index (χ4n) is 3.19. The van der Waals surface area contributed by atoms with E-state index in [1.807, 2.05) is 0 Å². The van der Waals surface area contributed by atoms with Crippen LogP contribution >= 0.6 is 23.2 Å². The van der Waals surface area contributed by atoms with Crippen molar-refractivity contribution in [1.29, 1.82) is 0 Å². The van der Waals surface area contributed by atoms with E-state index in [-0.39, 0.29) is 21.3 Å². The average molecular weight is 516 g/mol. The third-order valence-electron chi connectivity index (χ3n) is 4.95. The Hall–Kier alpha value is -2.46. The number of carbonyl (C=O) groups excluding carboxylic acids is 1. The summed E-state index contributed by atoms with van der Waals surface area (Å²) in [6, 6.07) is 7.81. The Labute approximate surface area is 194 Å². The van der Waals surface area contributed by atoms with Crippen molar-refractivity contribution in [3.63, 3.8) is 0 Å². The highest BCUT2D eigenvalue weighted by Gasteiger charge is 2.45. The lowest BCUT2D eigenvalue weighted by atomic mass is 9.85. The van der Waals surface area contributed by atoms with E-state index in [9.17, 15) is 35.9 Å². The average Bonchev–Trinajstić information content (AvgIpc) is 2.68. The van der Waals surface area contributed by atoms with Crippen molar-refractivity contribution in [3.05, 3.63) is 63.6 Å². The molecule has 0 heterocycles. The van der Waals surface area contributed by atoms with Gasteiger partial charge in [0.25, 0.3) is 0 Å². The Balaban J connectivity index is 2.46. The number of carbonyl (C=O) groups is 2. The maximum absolute atomic E-state index is 13.5. The van der Waals surface area contributed by atoms with Gasteiger partial charge < -0.3 is 10.4 Å². The summed E-state index contributed by atoms with van der Waals surface area (Å²) in [5.41, 5.74) is -0.920. The molecule has 0 aliphatic heterocycles. The van der Waals surface area contributed by atoms with E-state index < -0.39 is 54.0 Å². The Kier molecular flexibility index (Phi) is 8.29. The van der Waals surface area contributed by atoms with Gasteiger partial charge in [0, 0.05) is 5.02 Å². The predicted molar refractivity (Wildman–Crippen MR) is 111 cm³/mol. The minimum atomic E-state index is -4.93. The van der Waals surface area contributed by atoms with Gasteiger partial charge in [0.15, 0.2) is 0 Å². The van der Waals surface area contributed by atoms with Crippen molar-refractivity contribution in [3.8, 4) is 0 Å². The number of amides is 1. The van der Waals surface area contributed by atoms with Crippen molar-refractivity contribution < 1.29 is 41.0 Å². The summed E-state index contributed by atoms with van der Waals surface area (Å²) in [6.07, 6.45) is -11.0. The highest BCUT2D eigenvalue weighted by atomic mass is 35.5. The van der Waals surface area contributed by atoms with E-state index in [1.54, 1.807) is 0 Å². The summed E-state index contributed by atoms with van der Waals surface area (Å²) >= 11 is 11.7. The number of rotatable bonds is 7. The van der Waals surface area contributed by atoms with E-state index in [1.165, 1.54) is 24.3 Å². The third-order valence-corrected chi connectivity index (χ3v) is 5.53. The molecule has 2 N–H and O–H groups in total. The molecule has 4 nitrogen and oxygen atoms in total. The Morgan fingerprint density at radius 2 is 1.48 bits per heavy atom. The van der Waals surface area contributed by atoms with E-state index in [0.717, 1.165) is 25.1 Å². The van der Waals surface area contributed by atoms with Gasteiger partial charge in [0.05, 0.1) is 34.9 Å². The number of carboxylic acid groups (broad SMARTS) is 1. The number of halogens is 8. The second kappa shape index (κ2) is 10.2. The van der Waals surface area contributed by atoms with Crippen LogP contribution in [0, 0.1) is 5.92 Å². The smallest absolute Gasteiger partial charge is 0.396 e. The first-order valence-electron chi connectivity index (χ1n) is 9.32. The van der Waals surface area contributed by atoms with Crippen LogP contribution in [-0.4, -0.2) is 29.3 Å². The number of aliphatic carboxylic acids is 1. The van der Waals surface area contributed by atoms with E-state index in [4.69, 9.17) is 28.3 Å². The van der Waals surface area contributed by atoms with Crippen LogP contribution in [-0.2, 0) is 9.59 Å². The molecule has 2 aromatic carbocycles. The first-order chi connectivity index (χ1) is 15.1. The maximum atomic E-state index is 13.5. The summed E-state index contributed by atoms with van der Waals surface area (Å²) < 4.78 is 80.4. The fraction of sp³-hybridized carbons (Fsp3) is 0.333. The van der Waals surface area contributed by atoms with Crippen LogP contribution in [0.1, 0.15) is 36.3 Å². The molecular weight excluding hydrogens is 499 g/mol. The molecule has 0 saturated carbocycles. The molecule has 33 heavy (non-hydrogen) atoms. The molecule has 3 atom stereocenters. The zero-order valence-corrected chi connectivity index (χ0v) is 18.3. The van der Waals surface area contributed by atoms with Crippen LogP contribution in [0.2, 0.25) is 10.0 Å². The van der Waals surface area contributed by atoms with Gasteiger partial charge in [-0.3, -0.25) is 9.59 Å². The summed E-state index contributed by atoms with van der Waals surface area (Å²) in [5, 5.41) is 11.0. The SMILES string of the molecule is C[C@H]([C@H](C(=O)Nc1cc([C@H](CC(=O)O)C(F)(F)F)ccc1Cl)c1ccc(Cl)cc1)C(F)(F)F. The van der Waals surface area contributed by atoms with Crippen molar-refractivity contribution in [1.82, 2.24) is 0 Å². The molecule has 0 unspecified atom stereocenters. The fourth-order valence-corrected chi connectivity index (χ4v) is 3.48. The van der Waals surface area contributed by atoms with Crippen LogP contribution in [0.4, 0.5) is 32.0 Å². The highest BCUT2D eigenvalue weighted by Crippen LogP contribution is 2.41. The predicted octanol–water partition coefficient (Wildman–Crippen LogP) is 7.03. The summed E-state index contributed by atoms with van der Waals surface area (Å²) in [5.74, 6) is -9.21. The van der Waals surface area contributed by atoms with Crippen molar-refractivity contribution in [2.75, 3.05) is 5.32 Å². The van der Waals surface area contributed by atoms with E-state index in [0.29, 0.717) is 0 Å². The van der Waals surface area contributed by atoms with Gasteiger partial charge >= 0.3 is 18.3 Å². The van der Waals surface area contributed by atoms with Gasteiger partial charge in [0.2, 0.25) is 5.91 Å². The lowest BCUT2D eigenvalue weighted by molar-refractivity contribution is -0.178. The molecule has 0 aliphatic carbocycles. The third kappa shape index (κ3) is 7.01. The maximum Gasteiger partial charge on any atom is 0.396 e. The zero-order valence-electron chi connectivity index (χ0n) is 16.8. The molecule has 1 amide bonds. The van der Waals surface area contributed by atoms with Gasteiger partial charge in [-0.05, 0) is 35.4 Å².